The first-order valence-corrected chi connectivity index (χ1v) is 7.33. The van der Waals surface area contributed by atoms with Crippen molar-refractivity contribution >= 4 is 5.97 Å². The summed E-state index contributed by atoms with van der Waals surface area (Å²) in [6.45, 7) is 3.12. The molecule has 0 spiro atoms. The number of carbonyl (C=O) groups is 1. The van der Waals surface area contributed by atoms with Crippen molar-refractivity contribution in [3.8, 4) is 0 Å². The molecule has 20 heavy (non-hydrogen) atoms. The Labute approximate surface area is 119 Å². The number of nitrogens with one attached hydrogen (secondary N) is 1. The molecule has 1 saturated carbocycles. The topological polar surface area (TPSA) is 38.3 Å². The van der Waals surface area contributed by atoms with E-state index in [1.165, 1.54) is 17.7 Å². The zero-order chi connectivity index (χ0) is 14.4. The second kappa shape index (κ2) is 7.39. The highest BCUT2D eigenvalue weighted by molar-refractivity contribution is 5.69. The highest BCUT2D eigenvalue weighted by Crippen LogP contribution is 2.36. The molecule has 0 aliphatic heterocycles. The summed E-state index contributed by atoms with van der Waals surface area (Å²) in [6.07, 6.45) is 3.47. The third-order valence-corrected chi connectivity index (χ3v) is 3.78. The van der Waals surface area contributed by atoms with E-state index >= 15 is 0 Å². The Hall–Kier alpha value is -1.42. The van der Waals surface area contributed by atoms with Gasteiger partial charge in [-0.05, 0) is 56.3 Å². The average molecular weight is 279 g/mol. The first kappa shape index (κ1) is 15.0. The number of hydrogen-bond acceptors (Lipinski definition) is 3. The molecular weight excluding hydrogens is 257 g/mol. The Kier molecular flexibility index (Phi) is 5.53. The SMILES string of the molecule is CCOC(=O)CCCNC1CC(c2ccc(F)cc2)C1. The predicted octanol–water partition coefficient (Wildman–Crippen LogP) is 3.00. The minimum atomic E-state index is -0.179. The van der Waals surface area contributed by atoms with Crippen LogP contribution in [0.3, 0.4) is 0 Å². The highest BCUT2D eigenvalue weighted by Gasteiger charge is 2.29. The van der Waals surface area contributed by atoms with Gasteiger partial charge in [-0.3, -0.25) is 4.79 Å². The van der Waals surface area contributed by atoms with Gasteiger partial charge in [0.15, 0.2) is 0 Å². The summed E-state index contributed by atoms with van der Waals surface area (Å²) in [5.41, 5.74) is 1.22. The van der Waals surface area contributed by atoms with Crippen molar-refractivity contribution in [2.24, 2.45) is 0 Å². The Morgan fingerprint density at radius 3 is 2.70 bits per heavy atom. The van der Waals surface area contributed by atoms with Gasteiger partial charge in [-0.2, -0.15) is 0 Å². The van der Waals surface area contributed by atoms with Crippen LogP contribution in [-0.2, 0) is 9.53 Å². The van der Waals surface area contributed by atoms with E-state index in [-0.39, 0.29) is 11.8 Å². The van der Waals surface area contributed by atoms with E-state index < -0.39 is 0 Å². The van der Waals surface area contributed by atoms with Crippen LogP contribution < -0.4 is 5.32 Å². The fourth-order valence-electron chi connectivity index (χ4n) is 2.56. The standard InChI is InChI=1S/C16H22FNO2/c1-2-20-16(19)4-3-9-18-15-10-13(11-15)12-5-7-14(17)8-6-12/h5-8,13,15,18H,2-4,9-11H2,1H3. The van der Waals surface area contributed by atoms with Crippen LogP contribution in [0.15, 0.2) is 24.3 Å². The third-order valence-electron chi connectivity index (χ3n) is 3.78. The number of hydrogen-bond donors (Lipinski definition) is 1. The third kappa shape index (κ3) is 4.30. The lowest BCUT2D eigenvalue weighted by Crippen LogP contribution is -2.40. The number of halogens is 1. The van der Waals surface area contributed by atoms with Gasteiger partial charge in [0.05, 0.1) is 6.61 Å². The van der Waals surface area contributed by atoms with Gasteiger partial charge in [-0.15, -0.1) is 0 Å². The number of ether oxygens (including phenoxy) is 1. The van der Waals surface area contributed by atoms with Crippen LogP contribution in [0.1, 0.15) is 44.1 Å². The lowest BCUT2D eigenvalue weighted by atomic mass is 9.76. The van der Waals surface area contributed by atoms with Crippen molar-refractivity contribution in [3.05, 3.63) is 35.6 Å². The normalized spacial score (nSPS) is 21.3. The Bertz CT molecular complexity index is 427. The molecule has 0 aromatic heterocycles. The van der Waals surface area contributed by atoms with Crippen molar-refractivity contribution in [3.63, 3.8) is 0 Å². The van der Waals surface area contributed by atoms with Crippen LogP contribution in [0.2, 0.25) is 0 Å². The van der Waals surface area contributed by atoms with E-state index in [1.807, 2.05) is 19.1 Å². The Morgan fingerprint density at radius 2 is 2.05 bits per heavy atom. The molecule has 110 valence electrons. The summed E-state index contributed by atoms with van der Waals surface area (Å²) in [5.74, 6) is 0.243. The number of benzene rings is 1. The van der Waals surface area contributed by atoms with Crippen molar-refractivity contribution in [1.82, 2.24) is 5.32 Å². The molecule has 2 rings (SSSR count). The second-order valence-electron chi connectivity index (χ2n) is 5.28. The minimum Gasteiger partial charge on any atom is -0.466 e. The molecule has 0 bridgehead atoms. The van der Waals surface area contributed by atoms with E-state index in [9.17, 15) is 9.18 Å². The molecule has 4 heteroatoms. The lowest BCUT2D eigenvalue weighted by Gasteiger charge is -2.36. The zero-order valence-corrected chi connectivity index (χ0v) is 11.9. The van der Waals surface area contributed by atoms with Gasteiger partial charge >= 0.3 is 5.97 Å². The van der Waals surface area contributed by atoms with E-state index in [1.54, 1.807) is 0 Å². The van der Waals surface area contributed by atoms with Crippen molar-refractivity contribution in [1.29, 1.82) is 0 Å². The molecule has 0 amide bonds. The molecular formula is C16H22FNO2. The van der Waals surface area contributed by atoms with Crippen LogP contribution >= 0.6 is 0 Å². The molecule has 1 fully saturated rings. The first-order valence-electron chi connectivity index (χ1n) is 7.33. The second-order valence-corrected chi connectivity index (χ2v) is 5.28. The summed E-state index contributed by atoms with van der Waals surface area (Å²) in [4.78, 5) is 11.2. The van der Waals surface area contributed by atoms with E-state index in [4.69, 9.17) is 4.74 Å². The molecule has 0 radical (unpaired) electrons. The summed E-state index contributed by atoms with van der Waals surface area (Å²) in [5, 5.41) is 3.45. The van der Waals surface area contributed by atoms with Crippen molar-refractivity contribution < 1.29 is 13.9 Å². The molecule has 0 heterocycles. The molecule has 1 aromatic rings. The molecule has 1 aliphatic carbocycles. The maximum absolute atomic E-state index is 12.8. The van der Waals surface area contributed by atoms with Gasteiger partial charge in [0.25, 0.3) is 0 Å². The molecule has 1 aliphatic rings. The molecule has 3 nitrogen and oxygen atoms in total. The summed E-state index contributed by atoms with van der Waals surface area (Å²) < 4.78 is 17.7. The monoisotopic (exact) mass is 279 g/mol. The van der Waals surface area contributed by atoms with Crippen molar-refractivity contribution in [2.45, 2.75) is 44.6 Å². The van der Waals surface area contributed by atoms with Crippen LogP contribution in [-0.4, -0.2) is 25.2 Å². The summed E-state index contributed by atoms with van der Waals surface area (Å²) >= 11 is 0. The van der Waals surface area contributed by atoms with Gasteiger partial charge in [-0.25, -0.2) is 4.39 Å². The number of esters is 1. The zero-order valence-electron chi connectivity index (χ0n) is 11.9. The van der Waals surface area contributed by atoms with Gasteiger partial charge in [-0.1, -0.05) is 12.1 Å². The van der Waals surface area contributed by atoms with Crippen LogP contribution in [0.5, 0.6) is 0 Å². The van der Waals surface area contributed by atoms with Crippen LogP contribution in [0, 0.1) is 5.82 Å². The van der Waals surface area contributed by atoms with Crippen LogP contribution in [0.4, 0.5) is 4.39 Å². The van der Waals surface area contributed by atoms with Crippen LogP contribution in [0.25, 0.3) is 0 Å². The fraction of sp³-hybridized carbons (Fsp3) is 0.562. The summed E-state index contributed by atoms with van der Waals surface area (Å²) in [6, 6.07) is 7.31. The average Bonchev–Trinajstić information content (AvgIpc) is 2.38. The largest absolute Gasteiger partial charge is 0.466 e. The Balaban J connectivity index is 1.58. The Morgan fingerprint density at radius 1 is 1.35 bits per heavy atom. The molecule has 0 saturated heterocycles. The lowest BCUT2D eigenvalue weighted by molar-refractivity contribution is -0.143. The molecule has 0 atom stereocenters. The number of carbonyl (C=O) groups excluding carboxylic acids is 1. The maximum atomic E-state index is 12.8. The fourth-order valence-corrected chi connectivity index (χ4v) is 2.56. The van der Waals surface area contributed by atoms with Gasteiger partial charge in [0.2, 0.25) is 0 Å². The molecule has 1 aromatic carbocycles. The smallest absolute Gasteiger partial charge is 0.305 e. The van der Waals surface area contributed by atoms with E-state index in [0.29, 0.717) is 25.0 Å². The number of rotatable bonds is 7. The minimum absolute atomic E-state index is 0.118. The van der Waals surface area contributed by atoms with E-state index in [2.05, 4.69) is 5.32 Å². The van der Waals surface area contributed by atoms with Crippen molar-refractivity contribution in [2.75, 3.05) is 13.2 Å². The maximum Gasteiger partial charge on any atom is 0.305 e. The highest BCUT2D eigenvalue weighted by atomic mass is 19.1. The van der Waals surface area contributed by atoms with Gasteiger partial charge < -0.3 is 10.1 Å². The summed E-state index contributed by atoms with van der Waals surface area (Å²) in [7, 11) is 0. The first-order chi connectivity index (χ1) is 9.69. The van der Waals surface area contributed by atoms with E-state index in [0.717, 1.165) is 25.8 Å². The quantitative estimate of drug-likeness (QED) is 0.616. The van der Waals surface area contributed by atoms with Gasteiger partial charge in [0, 0.05) is 12.5 Å². The molecule has 1 N–H and O–H groups in total. The predicted molar refractivity (Wildman–Crippen MR) is 76.0 cm³/mol. The molecule has 0 unspecified atom stereocenters. The van der Waals surface area contributed by atoms with Gasteiger partial charge in [0.1, 0.15) is 5.82 Å².